The highest BCUT2D eigenvalue weighted by atomic mass is 32.2. The Kier molecular flexibility index (Phi) is 2.93. The summed E-state index contributed by atoms with van der Waals surface area (Å²) in [5.74, 6) is 0.682. The Morgan fingerprint density at radius 2 is 1.85 bits per heavy atom. The van der Waals surface area contributed by atoms with Crippen molar-refractivity contribution >= 4 is 9.84 Å². The molecule has 0 unspecified atom stereocenters. The molecule has 1 aromatic rings. The fraction of sp³-hybridized carbons (Fsp3) is 0.222. The van der Waals surface area contributed by atoms with Crippen LogP contribution in [0.4, 0.5) is 0 Å². The van der Waals surface area contributed by atoms with Crippen LogP contribution in [0.5, 0.6) is 5.75 Å². The van der Waals surface area contributed by atoms with Gasteiger partial charge in [-0.2, -0.15) is 0 Å². The minimum atomic E-state index is -3.19. The highest BCUT2D eigenvalue weighted by Crippen LogP contribution is 2.13. The molecule has 0 N–H and O–H groups in total. The lowest BCUT2D eigenvalue weighted by Gasteiger charge is -2.01. The first-order chi connectivity index (χ1) is 6.01. The van der Waals surface area contributed by atoms with Crippen LogP contribution in [0.3, 0.4) is 0 Å². The van der Waals surface area contributed by atoms with Gasteiger partial charge in [-0.3, -0.25) is 0 Å². The van der Waals surface area contributed by atoms with Crippen LogP contribution in [0.25, 0.3) is 0 Å². The summed E-state index contributed by atoms with van der Waals surface area (Å²) in [4.78, 5) is 0. The Balaban J connectivity index is 2.81. The van der Waals surface area contributed by atoms with Gasteiger partial charge in [0.15, 0.2) is 9.84 Å². The van der Waals surface area contributed by atoms with E-state index in [1.807, 2.05) is 0 Å². The topological polar surface area (TPSA) is 43.4 Å². The van der Waals surface area contributed by atoms with Gasteiger partial charge in [-0.05, 0) is 17.7 Å². The molecule has 1 aromatic carbocycles. The van der Waals surface area contributed by atoms with E-state index in [4.69, 9.17) is 4.74 Å². The molecule has 1 radical (unpaired) electrons. The fourth-order valence-corrected chi connectivity index (χ4v) is 1.68. The number of rotatable bonds is 3. The van der Waals surface area contributed by atoms with Crippen molar-refractivity contribution in [2.45, 2.75) is 5.75 Å². The maximum absolute atomic E-state index is 10.8. The number of hydrogen-bond acceptors (Lipinski definition) is 3. The van der Waals surface area contributed by atoms with Crippen LogP contribution >= 0.6 is 0 Å². The molecule has 0 fully saturated rings. The number of benzene rings is 1. The van der Waals surface area contributed by atoms with Crippen molar-refractivity contribution in [1.82, 2.24) is 0 Å². The van der Waals surface area contributed by atoms with Gasteiger partial charge >= 0.3 is 0 Å². The Hall–Kier alpha value is -1.03. The summed E-state index contributed by atoms with van der Waals surface area (Å²) in [5.41, 5.74) is 0.718. The maximum Gasteiger partial charge on any atom is 0.155 e. The molecule has 0 amide bonds. The lowest BCUT2D eigenvalue weighted by atomic mass is 10.2. The molecule has 0 aliphatic heterocycles. The zero-order valence-corrected chi connectivity index (χ0v) is 8.17. The number of methoxy groups -OCH3 is 1. The van der Waals surface area contributed by atoms with Crippen molar-refractivity contribution in [3.63, 3.8) is 0 Å². The summed E-state index contributed by atoms with van der Waals surface area (Å²) >= 11 is 0. The van der Waals surface area contributed by atoms with Crippen molar-refractivity contribution in [3.8, 4) is 5.75 Å². The standard InChI is InChI=1S/C9H11O3S/c1-12-9-5-3-8(4-6-9)7-13(2,10)11/h3-6H,2,7H2,1H3. The molecule has 0 saturated heterocycles. The molecule has 0 atom stereocenters. The smallest absolute Gasteiger partial charge is 0.155 e. The van der Waals surface area contributed by atoms with Crippen LogP contribution < -0.4 is 4.74 Å². The molecular formula is C9H11O3S. The SMILES string of the molecule is [CH2]S(=O)(=O)Cc1ccc(OC)cc1. The highest BCUT2D eigenvalue weighted by molar-refractivity contribution is 7.91. The lowest BCUT2D eigenvalue weighted by Crippen LogP contribution is -1.97. The van der Waals surface area contributed by atoms with Gasteiger partial charge in [-0.25, -0.2) is 8.42 Å². The van der Waals surface area contributed by atoms with E-state index in [2.05, 4.69) is 6.26 Å². The van der Waals surface area contributed by atoms with Crippen LogP contribution in [0.2, 0.25) is 0 Å². The van der Waals surface area contributed by atoms with Crippen molar-refractivity contribution in [1.29, 1.82) is 0 Å². The van der Waals surface area contributed by atoms with Crippen LogP contribution in [0.1, 0.15) is 5.56 Å². The average Bonchev–Trinajstić information content (AvgIpc) is 2.03. The molecule has 1 rings (SSSR count). The predicted octanol–water partition coefficient (Wildman–Crippen LogP) is 1.40. The second-order valence-corrected chi connectivity index (χ2v) is 4.51. The first-order valence-corrected chi connectivity index (χ1v) is 5.52. The second kappa shape index (κ2) is 3.79. The maximum atomic E-state index is 10.8. The van der Waals surface area contributed by atoms with Crippen molar-refractivity contribution < 1.29 is 13.2 Å². The van der Waals surface area contributed by atoms with Crippen LogP contribution in [-0.4, -0.2) is 15.5 Å². The Morgan fingerprint density at radius 3 is 2.23 bits per heavy atom. The van der Waals surface area contributed by atoms with Gasteiger partial charge in [0.2, 0.25) is 0 Å². The van der Waals surface area contributed by atoms with Crippen LogP contribution in [0.15, 0.2) is 24.3 Å². The fourth-order valence-electron chi connectivity index (χ4n) is 0.976. The molecule has 0 saturated carbocycles. The Labute approximate surface area is 78.3 Å². The third-order valence-corrected chi connectivity index (χ3v) is 2.32. The summed E-state index contributed by atoms with van der Waals surface area (Å²) in [6.07, 6.45) is 3.05. The van der Waals surface area contributed by atoms with Crippen molar-refractivity contribution in [2.75, 3.05) is 7.11 Å². The zero-order chi connectivity index (χ0) is 9.90. The number of sulfone groups is 1. The number of hydrogen-bond donors (Lipinski definition) is 0. The Bertz CT molecular complexity index is 364. The van der Waals surface area contributed by atoms with E-state index in [-0.39, 0.29) is 5.75 Å². The van der Waals surface area contributed by atoms with Gasteiger partial charge in [0.05, 0.1) is 19.1 Å². The quantitative estimate of drug-likeness (QED) is 0.739. The minimum absolute atomic E-state index is 0.0308. The van der Waals surface area contributed by atoms with Crippen molar-refractivity contribution in [3.05, 3.63) is 36.1 Å². The van der Waals surface area contributed by atoms with E-state index in [0.717, 1.165) is 5.56 Å². The van der Waals surface area contributed by atoms with Gasteiger partial charge in [0.1, 0.15) is 5.75 Å². The molecule has 0 heterocycles. The van der Waals surface area contributed by atoms with E-state index in [0.29, 0.717) is 5.75 Å². The summed E-state index contributed by atoms with van der Waals surface area (Å²) in [5, 5.41) is 0. The van der Waals surface area contributed by atoms with Gasteiger partial charge in [0.25, 0.3) is 0 Å². The summed E-state index contributed by atoms with van der Waals surface area (Å²) in [6.45, 7) is 0. The second-order valence-electron chi connectivity index (χ2n) is 2.74. The van der Waals surface area contributed by atoms with Gasteiger partial charge in [0, 0.05) is 0 Å². The zero-order valence-electron chi connectivity index (χ0n) is 7.36. The predicted molar refractivity (Wildman–Crippen MR) is 51.0 cm³/mol. The molecular weight excluding hydrogens is 188 g/mol. The normalized spacial score (nSPS) is 11.2. The molecule has 0 bridgehead atoms. The van der Waals surface area contributed by atoms with Crippen LogP contribution in [0, 0.1) is 6.26 Å². The van der Waals surface area contributed by atoms with E-state index in [1.165, 1.54) is 0 Å². The first kappa shape index (κ1) is 10.1. The van der Waals surface area contributed by atoms with E-state index in [9.17, 15) is 8.42 Å². The van der Waals surface area contributed by atoms with E-state index >= 15 is 0 Å². The van der Waals surface area contributed by atoms with Gasteiger partial charge < -0.3 is 4.74 Å². The molecule has 13 heavy (non-hydrogen) atoms. The monoisotopic (exact) mass is 199 g/mol. The van der Waals surface area contributed by atoms with Gasteiger partial charge in [-0.1, -0.05) is 12.1 Å². The first-order valence-electron chi connectivity index (χ1n) is 3.70. The van der Waals surface area contributed by atoms with E-state index < -0.39 is 9.84 Å². The minimum Gasteiger partial charge on any atom is -0.497 e. The Morgan fingerprint density at radius 1 is 1.31 bits per heavy atom. The highest BCUT2D eigenvalue weighted by Gasteiger charge is 2.03. The number of ether oxygens (including phenoxy) is 1. The lowest BCUT2D eigenvalue weighted by molar-refractivity contribution is 0.414. The third kappa shape index (κ3) is 3.46. The summed E-state index contributed by atoms with van der Waals surface area (Å²) in [7, 11) is -1.62. The molecule has 71 valence electrons. The van der Waals surface area contributed by atoms with Crippen LogP contribution in [-0.2, 0) is 15.6 Å². The third-order valence-electron chi connectivity index (χ3n) is 1.55. The largest absolute Gasteiger partial charge is 0.497 e. The molecule has 0 aromatic heterocycles. The molecule has 0 aliphatic rings. The summed E-state index contributed by atoms with van der Waals surface area (Å²) < 4.78 is 26.6. The molecule has 4 heteroatoms. The average molecular weight is 199 g/mol. The van der Waals surface area contributed by atoms with E-state index in [1.54, 1.807) is 31.4 Å². The molecule has 0 aliphatic carbocycles. The molecule has 0 spiro atoms. The van der Waals surface area contributed by atoms with Gasteiger partial charge in [-0.15, -0.1) is 0 Å². The molecule has 3 nitrogen and oxygen atoms in total. The summed E-state index contributed by atoms with van der Waals surface area (Å²) in [6, 6.07) is 6.87. The van der Waals surface area contributed by atoms with Crippen molar-refractivity contribution in [2.24, 2.45) is 0 Å².